The number of rotatable bonds is 6. The maximum Gasteiger partial charge on any atom is 0.311 e. The number of allylic oxidation sites excluding steroid dienone is 1. The monoisotopic (exact) mass is 293 g/mol. The average molecular weight is 293 g/mol. The van der Waals surface area contributed by atoms with Crippen molar-refractivity contribution >= 4 is 29.3 Å². The van der Waals surface area contributed by atoms with E-state index < -0.39 is 5.54 Å². The molecule has 0 amide bonds. The molecule has 0 aliphatic carbocycles. The van der Waals surface area contributed by atoms with Gasteiger partial charge in [-0.3, -0.25) is 14.6 Å². The third-order valence-corrected chi connectivity index (χ3v) is 3.94. The zero-order valence-electron chi connectivity index (χ0n) is 11.0. The van der Waals surface area contributed by atoms with Gasteiger partial charge in [0, 0.05) is 17.3 Å². The highest BCUT2D eigenvalue weighted by Crippen LogP contribution is 2.34. The molecule has 2 heterocycles. The van der Waals surface area contributed by atoms with Crippen LogP contribution < -0.4 is 5.73 Å². The second-order valence-corrected chi connectivity index (χ2v) is 5.26. The summed E-state index contributed by atoms with van der Waals surface area (Å²) in [6.45, 7) is 1.98. The smallest absolute Gasteiger partial charge is 0.311 e. The van der Waals surface area contributed by atoms with Crippen molar-refractivity contribution in [3.05, 3.63) is 28.2 Å². The van der Waals surface area contributed by atoms with E-state index in [9.17, 15) is 9.59 Å². The van der Waals surface area contributed by atoms with Gasteiger partial charge in [-0.15, -0.1) is 11.3 Å². The van der Waals surface area contributed by atoms with E-state index in [0.29, 0.717) is 11.6 Å². The van der Waals surface area contributed by atoms with Crippen molar-refractivity contribution in [2.24, 2.45) is 10.7 Å². The first-order valence-electron chi connectivity index (χ1n) is 6.19. The van der Waals surface area contributed by atoms with Gasteiger partial charge < -0.3 is 10.5 Å². The molecule has 2 rings (SSSR count). The Morgan fingerprint density at radius 1 is 1.50 bits per heavy atom. The van der Waals surface area contributed by atoms with E-state index in [0.717, 1.165) is 4.88 Å². The van der Waals surface area contributed by atoms with Crippen LogP contribution in [0.1, 0.15) is 16.8 Å². The molecule has 0 fully saturated rings. The number of nitrogens with two attached hydrogens (primary N) is 1. The minimum Gasteiger partial charge on any atom is -0.466 e. The first kappa shape index (κ1) is 14.5. The van der Waals surface area contributed by atoms with Crippen LogP contribution >= 0.6 is 11.3 Å². The number of aromatic nitrogens is 1. The summed E-state index contributed by atoms with van der Waals surface area (Å²) in [5.74, 6) is -0.535. The van der Waals surface area contributed by atoms with Crippen molar-refractivity contribution in [1.29, 1.82) is 0 Å². The number of Topliss-reactive ketones (excluding diaryl/α,β-unsaturated/α-hetero) is 1. The van der Waals surface area contributed by atoms with E-state index in [2.05, 4.69) is 9.98 Å². The molecule has 1 aliphatic heterocycles. The molecule has 0 bridgehead atoms. The molecule has 7 heteroatoms. The minimum atomic E-state index is -1.12. The molecule has 1 unspecified atom stereocenters. The molecule has 0 spiro atoms. The van der Waals surface area contributed by atoms with Crippen LogP contribution in [0.2, 0.25) is 0 Å². The maximum atomic E-state index is 12.1. The van der Waals surface area contributed by atoms with Gasteiger partial charge in [-0.05, 0) is 19.1 Å². The fraction of sp³-hybridized carbons (Fsp3) is 0.385. The highest BCUT2D eigenvalue weighted by atomic mass is 32.1. The summed E-state index contributed by atoms with van der Waals surface area (Å²) in [4.78, 5) is 32.7. The van der Waals surface area contributed by atoms with Gasteiger partial charge in [0.2, 0.25) is 0 Å². The van der Waals surface area contributed by atoms with E-state index in [-0.39, 0.29) is 24.7 Å². The molecule has 106 valence electrons. The van der Waals surface area contributed by atoms with Gasteiger partial charge in [0.1, 0.15) is 5.01 Å². The summed E-state index contributed by atoms with van der Waals surface area (Å²) < 4.78 is 4.88. The van der Waals surface area contributed by atoms with E-state index in [1.807, 2.05) is 0 Å². The second-order valence-electron chi connectivity index (χ2n) is 4.14. The number of ether oxygens (including phenoxy) is 1. The van der Waals surface area contributed by atoms with Crippen molar-refractivity contribution in [1.82, 2.24) is 4.98 Å². The molecule has 6 nitrogen and oxygen atoms in total. The van der Waals surface area contributed by atoms with Crippen LogP contribution in [0.5, 0.6) is 0 Å². The fourth-order valence-corrected chi connectivity index (χ4v) is 2.91. The van der Waals surface area contributed by atoms with E-state index in [1.54, 1.807) is 31.5 Å². The van der Waals surface area contributed by atoms with Crippen LogP contribution in [-0.4, -0.2) is 36.1 Å². The molecule has 0 saturated carbocycles. The molecule has 1 aliphatic rings. The molecule has 1 aromatic heterocycles. The van der Waals surface area contributed by atoms with Crippen LogP contribution in [0.25, 0.3) is 0 Å². The molecule has 1 atom stereocenters. The lowest BCUT2D eigenvalue weighted by Gasteiger charge is -2.18. The first-order chi connectivity index (χ1) is 9.62. The molecule has 2 N–H and O–H groups in total. The standard InChI is InChI=1S/C13H15N3O3S/c1-2-19-11(18)6-9-8-15-12(20-9)13(10(17)7-14)4-3-5-16-13/h3-5,8H,2,6-7,14H2,1H3. The minimum absolute atomic E-state index is 0.117. The molecule has 1 aromatic rings. The number of esters is 1. The third-order valence-electron chi connectivity index (χ3n) is 2.82. The number of aliphatic imine (C=N–C) groups is 1. The number of hydrogen-bond donors (Lipinski definition) is 1. The van der Waals surface area contributed by atoms with Gasteiger partial charge in [0.25, 0.3) is 0 Å². The van der Waals surface area contributed by atoms with Crippen LogP contribution in [-0.2, 0) is 26.3 Å². The van der Waals surface area contributed by atoms with E-state index in [1.165, 1.54) is 11.3 Å². The van der Waals surface area contributed by atoms with Crippen molar-refractivity contribution in [2.75, 3.05) is 13.2 Å². The lowest BCUT2D eigenvalue weighted by molar-refractivity contribution is -0.142. The van der Waals surface area contributed by atoms with Crippen LogP contribution in [0, 0.1) is 0 Å². The summed E-state index contributed by atoms with van der Waals surface area (Å²) in [6, 6.07) is 0. The van der Waals surface area contributed by atoms with Crippen LogP contribution in [0.4, 0.5) is 0 Å². The molecule has 0 saturated heterocycles. The zero-order valence-corrected chi connectivity index (χ0v) is 11.9. The van der Waals surface area contributed by atoms with Crippen molar-refractivity contribution in [3.63, 3.8) is 0 Å². The second kappa shape index (κ2) is 6.06. The SMILES string of the molecule is CCOC(=O)Cc1cnc(C2(C(=O)CN)C=CC=N2)s1. The predicted molar refractivity (Wildman–Crippen MR) is 75.8 cm³/mol. The number of carbonyl (C=O) groups excluding carboxylic acids is 2. The largest absolute Gasteiger partial charge is 0.466 e. The Bertz CT molecular complexity index is 565. The third kappa shape index (κ3) is 2.68. The Morgan fingerprint density at radius 2 is 2.30 bits per heavy atom. The Labute approximate surface area is 120 Å². The maximum absolute atomic E-state index is 12.1. The van der Waals surface area contributed by atoms with Crippen molar-refractivity contribution in [3.8, 4) is 0 Å². The Hall–Kier alpha value is -1.86. The number of ketones is 1. The predicted octanol–water partition coefficient (Wildman–Crippen LogP) is 0.612. The van der Waals surface area contributed by atoms with Gasteiger partial charge in [0.05, 0.1) is 19.6 Å². The topological polar surface area (TPSA) is 94.6 Å². The summed E-state index contributed by atoms with van der Waals surface area (Å²) >= 11 is 1.27. The lowest BCUT2D eigenvalue weighted by Crippen LogP contribution is -2.35. The highest BCUT2D eigenvalue weighted by Gasteiger charge is 2.40. The van der Waals surface area contributed by atoms with Crippen molar-refractivity contribution in [2.45, 2.75) is 18.9 Å². The summed E-state index contributed by atoms with van der Waals surface area (Å²) in [5, 5.41) is 0.525. The summed E-state index contributed by atoms with van der Waals surface area (Å²) in [6.07, 6.45) is 6.64. The summed E-state index contributed by atoms with van der Waals surface area (Å²) in [5.41, 5.74) is 4.33. The number of nitrogens with zero attached hydrogens (tertiary/aromatic N) is 2. The average Bonchev–Trinajstić information content (AvgIpc) is 3.07. The van der Waals surface area contributed by atoms with Crippen LogP contribution in [0.3, 0.4) is 0 Å². The van der Waals surface area contributed by atoms with E-state index in [4.69, 9.17) is 10.5 Å². The molecule has 0 aromatic carbocycles. The van der Waals surface area contributed by atoms with Gasteiger partial charge in [-0.2, -0.15) is 0 Å². The number of hydrogen-bond acceptors (Lipinski definition) is 7. The molecule has 20 heavy (non-hydrogen) atoms. The molecular weight excluding hydrogens is 278 g/mol. The Morgan fingerprint density at radius 3 is 2.90 bits per heavy atom. The Kier molecular flexibility index (Phi) is 4.41. The molecule has 0 radical (unpaired) electrons. The molecular formula is C13H15N3O3S. The normalized spacial score (nSPS) is 20.3. The quantitative estimate of drug-likeness (QED) is 0.776. The highest BCUT2D eigenvalue weighted by molar-refractivity contribution is 7.12. The lowest BCUT2D eigenvalue weighted by atomic mass is 9.96. The number of carbonyl (C=O) groups is 2. The van der Waals surface area contributed by atoms with Crippen LogP contribution in [0.15, 0.2) is 23.3 Å². The van der Waals surface area contributed by atoms with Gasteiger partial charge >= 0.3 is 5.97 Å². The number of thiazole rings is 1. The Balaban J connectivity index is 2.23. The van der Waals surface area contributed by atoms with Crippen molar-refractivity contribution < 1.29 is 14.3 Å². The fourth-order valence-electron chi connectivity index (χ4n) is 1.87. The summed E-state index contributed by atoms with van der Waals surface area (Å²) in [7, 11) is 0. The first-order valence-corrected chi connectivity index (χ1v) is 7.01. The zero-order chi connectivity index (χ0) is 14.6. The van der Waals surface area contributed by atoms with Gasteiger partial charge in [-0.1, -0.05) is 0 Å². The van der Waals surface area contributed by atoms with Gasteiger partial charge in [0.15, 0.2) is 11.3 Å². The van der Waals surface area contributed by atoms with Gasteiger partial charge in [-0.25, -0.2) is 4.98 Å². The van der Waals surface area contributed by atoms with E-state index >= 15 is 0 Å².